The molecule has 1 rings (SSSR count). The van der Waals surface area contributed by atoms with Gasteiger partial charge < -0.3 is 15.2 Å². The van der Waals surface area contributed by atoms with E-state index in [1.807, 2.05) is 0 Å². The van der Waals surface area contributed by atoms with Gasteiger partial charge >= 0.3 is 5.97 Å². The predicted octanol–water partition coefficient (Wildman–Crippen LogP) is 1.27. The maximum Gasteiger partial charge on any atom is 0.360 e. The van der Waals surface area contributed by atoms with E-state index in [-0.39, 0.29) is 23.6 Å². The third-order valence-electron chi connectivity index (χ3n) is 2.18. The van der Waals surface area contributed by atoms with Crippen molar-refractivity contribution < 1.29 is 23.0 Å². The molecule has 5 nitrogen and oxygen atoms in total. The molecule has 7 heteroatoms. The molecule has 1 aromatic rings. The molecule has 0 aromatic carbocycles. The fourth-order valence-corrected chi connectivity index (χ4v) is 1.39. The Kier molecular flexibility index (Phi) is 4.33. The lowest BCUT2D eigenvalue weighted by Gasteiger charge is -2.14. The maximum absolute atomic E-state index is 12.9. The van der Waals surface area contributed by atoms with Crippen molar-refractivity contribution >= 4 is 5.97 Å². The minimum absolute atomic E-state index is 0.121. The lowest BCUT2D eigenvalue weighted by Crippen LogP contribution is -2.12. The molecule has 0 unspecified atom stereocenters. The average molecular weight is 246 g/mol. The first kappa shape index (κ1) is 13.3. The first-order chi connectivity index (χ1) is 8.06. The van der Waals surface area contributed by atoms with Gasteiger partial charge in [0.05, 0.1) is 19.8 Å². The molecule has 0 radical (unpaired) electrons. The van der Waals surface area contributed by atoms with Crippen molar-refractivity contribution in [1.29, 1.82) is 0 Å². The summed E-state index contributed by atoms with van der Waals surface area (Å²) in [6.45, 7) is -0.121. The molecule has 0 fully saturated rings. The number of carbonyl (C=O) groups is 1. The van der Waals surface area contributed by atoms with Crippen LogP contribution >= 0.6 is 0 Å². The highest BCUT2D eigenvalue weighted by Gasteiger charge is 2.25. The van der Waals surface area contributed by atoms with Gasteiger partial charge in [0.15, 0.2) is 11.4 Å². The highest BCUT2D eigenvalue weighted by Crippen LogP contribution is 2.34. The number of nitrogens with two attached hydrogens (primary N) is 1. The molecule has 0 amide bonds. The number of rotatable bonds is 4. The van der Waals surface area contributed by atoms with E-state index in [4.69, 9.17) is 10.5 Å². The Hall–Kier alpha value is -1.76. The van der Waals surface area contributed by atoms with Crippen molar-refractivity contribution in [3.05, 3.63) is 23.0 Å². The van der Waals surface area contributed by atoms with Crippen LogP contribution in [0.1, 0.15) is 28.0 Å². The van der Waals surface area contributed by atoms with Crippen LogP contribution in [0.15, 0.2) is 6.20 Å². The number of esters is 1. The number of hydrogen-bond donors (Lipinski definition) is 1. The van der Waals surface area contributed by atoms with E-state index in [0.717, 1.165) is 13.3 Å². The van der Waals surface area contributed by atoms with Gasteiger partial charge in [-0.15, -0.1) is 0 Å². The molecule has 0 aliphatic heterocycles. The third-order valence-corrected chi connectivity index (χ3v) is 2.18. The van der Waals surface area contributed by atoms with Crippen molar-refractivity contribution in [2.75, 3.05) is 14.2 Å². The van der Waals surface area contributed by atoms with Crippen LogP contribution < -0.4 is 10.5 Å². The summed E-state index contributed by atoms with van der Waals surface area (Å²) in [7, 11) is 2.30. The Morgan fingerprint density at radius 3 is 2.59 bits per heavy atom. The molecular weight excluding hydrogens is 234 g/mol. The molecule has 0 atom stereocenters. The quantitative estimate of drug-likeness (QED) is 0.810. The van der Waals surface area contributed by atoms with E-state index in [1.54, 1.807) is 0 Å². The van der Waals surface area contributed by atoms with E-state index in [2.05, 4.69) is 9.72 Å². The first-order valence-electron chi connectivity index (χ1n) is 4.69. The van der Waals surface area contributed by atoms with Crippen LogP contribution in [0, 0.1) is 0 Å². The maximum atomic E-state index is 12.9. The molecular formula is C10H12F2N2O3. The Balaban J connectivity index is 3.46. The molecule has 17 heavy (non-hydrogen) atoms. The Morgan fingerprint density at radius 1 is 1.53 bits per heavy atom. The van der Waals surface area contributed by atoms with Gasteiger partial charge in [0.2, 0.25) is 0 Å². The second kappa shape index (κ2) is 5.53. The Labute approximate surface area is 96.5 Å². The summed E-state index contributed by atoms with van der Waals surface area (Å²) in [6, 6.07) is 0. The van der Waals surface area contributed by atoms with Crippen LogP contribution in [0.4, 0.5) is 8.78 Å². The van der Waals surface area contributed by atoms with Gasteiger partial charge in [-0.3, -0.25) is 0 Å². The van der Waals surface area contributed by atoms with Gasteiger partial charge in [0.25, 0.3) is 6.43 Å². The zero-order valence-corrected chi connectivity index (χ0v) is 9.37. The Bertz CT molecular complexity index is 424. The number of ether oxygens (including phenoxy) is 2. The van der Waals surface area contributed by atoms with Crippen LogP contribution in [0.25, 0.3) is 0 Å². The monoisotopic (exact) mass is 246 g/mol. The number of hydrogen-bond acceptors (Lipinski definition) is 5. The van der Waals surface area contributed by atoms with Gasteiger partial charge in [-0.2, -0.15) is 0 Å². The summed E-state index contributed by atoms with van der Waals surface area (Å²) >= 11 is 0. The standard InChI is InChI=1S/C10H12F2N2O3/c1-16-8-6(9(11)12)5(3-13)4-14-7(8)10(15)17-2/h4,9H,3,13H2,1-2H3. The van der Waals surface area contributed by atoms with Crippen LogP contribution in [0.3, 0.4) is 0 Å². The van der Waals surface area contributed by atoms with E-state index in [0.29, 0.717) is 0 Å². The SMILES string of the molecule is COC(=O)c1ncc(CN)c(C(F)F)c1OC. The van der Waals surface area contributed by atoms with Crippen LogP contribution in [-0.2, 0) is 11.3 Å². The summed E-state index contributed by atoms with van der Waals surface area (Å²) < 4.78 is 35.0. The lowest BCUT2D eigenvalue weighted by atomic mass is 10.1. The van der Waals surface area contributed by atoms with Crippen molar-refractivity contribution in [3.8, 4) is 5.75 Å². The van der Waals surface area contributed by atoms with E-state index >= 15 is 0 Å². The minimum Gasteiger partial charge on any atom is -0.494 e. The number of nitrogens with zero attached hydrogens (tertiary/aromatic N) is 1. The zero-order valence-electron chi connectivity index (χ0n) is 9.37. The fraction of sp³-hybridized carbons (Fsp3) is 0.400. The number of alkyl halides is 2. The van der Waals surface area contributed by atoms with Crippen LogP contribution in [-0.4, -0.2) is 25.2 Å². The summed E-state index contributed by atoms with van der Waals surface area (Å²) in [6.07, 6.45) is -1.69. The molecule has 94 valence electrons. The van der Waals surface area contributed by atoms with E-state index in [9.17, 15) is 13.6 Å². The molecule has 0 spiro atoms. The largest absolute Gasteiger partial charge is 0.494 e. The van der Waals surface area contributed by atoms with E-state index < -0.39 is 18.0 Å². The second-order valence-corrected chi connectivity index (χ2v) is 3.08. The molecule has 1 aromatic heterocycles. The van der Waals surface area contributed by atoms with Gasteiger partial charge in [0, 0.05) is 12.7 Å². The summed E-state index contributed by atoms with van der Waals surface area (Å²) in [5.74, 6) is -1.14. The summed E-state index contributed by atoms with van der Waals surface area (Å²) in [5.41, 5.74) is 4.74. The minimum atomic E-state index is -2.81. The topological polar surface area (TPSA) is 74.4 Å². The van der Waals surface area contributed by atoms with E-state index in [1.165, 1.54) is 7.11 Å². The van der Waals surface area contributed by atoms with Crippen molar-refractivity contribution in [1.82, 2.24) is 4.98 Å². The predicted molar refractivity (Wildman–Crippen MR) is 55.0 cm³/mol. The van der Waals surface area contributed by atoms with Gasteiger partial charge in [-0.25, -0.2) is 18.6 Å². The van der Waals surface area contributed by atoms with Gasteiger partial charge in [-0.1, -0.05) is 0 Å². The molecule has 0 saturated carbocycles. The number of halogens is 2. The molecule has 0 saturated heterocycles. The average Bonchev–Trinajstić information content (AvgIpc) is 2.35. The van der Waals surface area contributed by atoms with Gasteiger partial charge in [-0.05, 0) is 5.56 Å². The highest BCUT2D eigenvalue weighted by molar-refractivity contribution is 5.90. The number of aromatic nitrogens is 1. The van der Waals surface area contributed by atoms with Crippen LogP contribution in [0.2, 0.25) is 0 Å². The first-order valence-corrected chi connectivity index (χ1v) is 4.69. The number of pyridine rings is 1. The molecule has 1 heterocycles. The lowest BCUT2D eigenvalue weighted by molar-refractivity contribution is 0.0588. The second-order valence-electron chi connectivity index (χ2n) is 3.08. The van der Waals surface area contributed by atoms with Crippen LogP contribution in [0.5, 0.6) is 5.75 Å². The smallest absolute Gasteiger partial charge is 0.360 e. The molecule has 0 bridgehead atoms. The van der Waals surface area contributed by atoms with Crippen molar-refractivity contribution in [2.24, 2.45) is 5.73 Å². The molecule has 0 aliphatic carbocycles. The number of carbonyl (C=O) groups excluding carboxylic acids is 1. The zero-order chi connectivity index (χ0) is 13.0. The fourth-order valence-electron chi connectivity index (χ4n) is 1.39. The summed E-state index contributed by atoms with van der Waals surface area (Å²) in [4.78, 5) is 15.0. The Morgan fingerprint density at radius 2 is 2.18 bits per heavy atom. The molecule has 0 aliphatic rings. The molecule has 2 N–H and O–H groups in total. The highest BCUT2D eigenvalue weighted by atomic mass is 19.3. The van der Waals surface area contributed by atoms with Gasteiger partial charge in [0.1, 0.15) is 0 Å². The summed E-state index contributed by atoms with van der Waals surface area (Å²) in [5, 5.41) is 0. The number of methoxy groups -OCH3 is 2. The normalized spacial score (nSPS) is 10.5. The third kappa shape index (κ3) is 2.50. The van der Waals surface area contributed by atoms with Crippen molar-refractivity contribution in [3.63, 3.8) is 0 Å². The van der Waals surface area contributed by atoms with Crippen molar-refractivity contribution in [2.45, 2.75) is 13.0 Å².